The lowest BCUT2D eigenvalue weighted by molar-refractivity contribution is 0.208. The first-order valence-corrected chi connectivity index (χ1v) is 10.0. The number of anilines is 2. The van der Waals surface area contributed by atoms with Gasteiger partial charge >= 0.3 is 6.03 Å². The summed E-state index contributed by atoms with van der Waals surface area (Å²) in [4.78, 5) is 20.9. The summed E-state index contributed by atoms with van der Waals surface area (Å²) >= 11 is 1.39. The molecule has 2 aromatic heterocycles. The maximum atomic E-state index is 12.6. The summed E-state index contributed by atoms with van der Waals surface area (Å²) in [6.07, 6.45) is 3.68. The maximum Gasteiger partial charge on any atom is 0.323 e. The SMILES string of the molecule is Cc1ccc(-c2nnc(NC(=O)N3CCN(c4ccncc4C)CC3)s2)cc1. The average molecular weight is 395 g/mol. The van der Waals surface area contributed by atoms with E-state index in [1.54, 1.807) is 0 Å². The Balaban J connectivity index is 1.35. The molecule has 0 aliphatic carbocycles. The number of urea groups is 1. The Bertz CT molecular complexity index is 963. The van der Waals surface area contributed by atoms with E-state index in [1.165, 1.54) is 22.6 Å². The van der Waals surface area contributed by atoms with Crippen molar-refractivity contribution in [2.45, 2.75) is 13.8 Å². The van der Waals surface area contributed by atoms with Gasteiger partial charge in [-0.3, -0.25) is 10.3 Å². The van der Waals surface area contributed by atoms with Crippen molar-refractivity contribution in [1.29, 1.82) is 0 Å². The molecule has 1 N–H and O–H groups in total. The minimum Gasteiger partial charge on any atom is -0.368 e. The number of aryl methyl sites for hydroxylation is 2. The quantitative estimate of drug-likeness (QED) is 0.735. The fourth-order valence-corrected chi connectivity index (χ4v) is 3.97. The van der Waals surface area contributed by atoms with Gasteiger partial charge in [0.25, 0.3) is 0 Å². The van der Waals surface area contributed by atoms with Crippen LogP contribution in [0.3, 0.4) is 0 Å². The highest BCUT2D eigenvalue weighted by Gasteiger charge is 2.23. The van der Waals surface area contributed by atoms with Gasteiger partial charge in [0.15, 0.2) is 0 Å². The number of nitrogens with one attached hydrogen (secondary N) is 1. The highest BCUT2D eigenvalue weighted by Crippen LogP contribution is 2.27. The first-order chi connectivity index (χ1) is 13.6. The zero-order valence-corrected chi connectivity index (χ0v) is 16.7. The molecule has 3 aromatic rings. The van der Waals surface area contributed by atoms with E-state index in [1.807, 2.05) is 54.5 Å². The molecule has 7 nitrogen and oxygen atoms in total. The van der Waals surface area contributed by atoms with Crippen molar-refractivity contribution in [2.75, 3.05) is 36.4 Å². The molecule has 144 valence electrons. The molecule has 0 spiro atoms. The summed E-state index contributed by atoms with van der Waals surface area (Å²) in [5, 5.41) is 12.5. The fraction of sp³-hybridized carbons (Fsp3) is 0.300. The van der Waals surface area contributed by atoms with Gasteiger partial charge in [0.1, 0.15) is 5.01 Å². The highest BCUT2D eigenvalue weighted by molar-refractivity contribution is 7.18. The molecule has 1 aromatic carbocycles. The summed E-state index contributed by atoms with van der Waals surface area (Å²) < 4.78 is 0. The number of benzene rings is 1. The molecule has 1 aliphatic heterocycles. The molecular weight excluding hydrogens is 372 g/mol. The van der Waals surface area contributed by atoms with Crippen LogP contribution >= 0.6 is 11.3 Å². The smallest absolute Gasteiger partial charge is 0.323 e. The van der Waals surface area contributed by atoms with E-state index >= 15 is 0 Å². The van der Waals surface area contributed by atoms with Crippen LogP contribution in [0.1, 0.15) is 11.1 Å². The summed E-state index contributed by atoms with van der Waals surface area (Å²) in [6, 6.07) is 10.0. The van der Waals surface area contributed by atoms with Crippen molar-refractivity contribution in [2.24, 2.45) is 0 Å². The van der Waals surface area contributed by atoms with E-state index in [-0.39, 0.29) is 6.03 Å². The normalized spacial score (nSPS) is 14.2. The number of hydrogen-bond donors (Lipinski definition) is 1. The van der Waals surface area contributed by atoms with Crippen molar-refractivity contribution in [3.8, 4) is 10.6 Å². The van der Waals surface area contributed by atoms with Crippen LogP contribution in [-0.4, -0.2) is 52.3 Å². The van der Waals surface area contributed by atoms with E-state index in [0.717, 1.165) is 29.2 Å². The lowest BCUT2D eigenvalue weighted by Crippen LogP contribution is -2.50. The standard InChI is InChI=1S/C20H22N6OS/c1-14-3-5-16(6-4-14)18-23-24-19(28-18)22-20(27)26-11-9-25(10-12-26)17-7-8-21-13-15(17)2/h3-8,13H,9-12H2,1-2H3,(H,22,24,27). The van der Waals surface area contributed by atoms with Crippen molar-refractivity contribution in [3.05, 3.63) is 53.9 Å². The van der Waals surface area contributed by atoms with Crippen molar-refractivity contribution in [1.82, 2.24) is 20.1 Å². The Hall–Kier alpha value is -3.00. The molecule has 1 aliphatic rings. The van der Waals surface area contributed by atoms with E-state index in [2.05, 4.69) is 32.3 Å². The molecule has 0 bridgehead atoms. The third-order valence-corrected chi connectivity index (χ3v) is 5.72. The minimum atomic E-state index is -0.127. The van der Waals surface area contributed by atoms with Gasteiger partial charge < -0.3 is 9.80 Å². The zero-order chi connectivity index (χ0) is 19.5. The second-order valence-electron chi connectivity index (χ2n) is 6.84. The topological polar surface area (TPSA) is 74.2 Å². The van der Waals surface area contributed by atoms with Gasteiger partial charge in [-0.1, -0.05) is 41.2 Å². The molecule has 0 radical (unpaired) electrons. The summed E-state index contributed by atoms with van der Waals surface area (Å²) in [7, 11) is 0. The van der Waals surface area contributed by atoms with Crippen LogP contribution in [0.2, 0.25) is 0 Å². The van der Waals surface area contributed by atoms with Crippen LogP contribution in [0.4, 0.5) is 15.6 Å². The third-order valence-electron chi connectivity index (χ3n) is 4.84. The van der Waals surface area contributed by atoms with Crippen LogP contribution in [0, 0.1) is 13.8 Å². The Kier molecular flexibility index (Phi) is 5.21. The zero-order valence-electron chi connectivity index (χ0n) is 15.9. The predicted molar refractivity (Wildman–Crippen MR) is 112 cm³/mol. The van der Waals surface area contributed by atoms with Crippen LogP contribution in [-0.2, 0) is 0 Å². The van der Waals surface area contributed by atoms with E-state index in [9.17, 15) is 4.79 Å². The van der Waals surface area contributed by atoms with Crippen LogP contribution in [0.15, 0.2) is 42.7 Å². The molecule has 3 heterocycles. The monoisotopic (exact) mass is 394 g/mol. The molecule has 2 amide bonds. The van der Waals surface area contributed by atoms with E-state index < -0.39 is 0 Å². The lowest BCUT2D eigenvalue weighted by Gasteiger charge is -2.36. The molecule has 8 heteroatoms. The summed E-state index contributed by atoms with van der Waals surface area (Å²) in [5.74, 6) is 0. The average Bonchev–Trinajstić information content (AvgIpc) is 3.17. The number of piperazine rings is 1. The van der Waals surface area contributed by atoms with Crippen molar-refractivity contribution < 1.29 is 4.79 Å². The first kappa shape index (κ1) is 18.4. The fourth-order valence-electron chi connectivity index (χ4n) is 3.23. The number of hydrogen-bond acceptors (Lipinski definition) is 6. The minimum absolute atomic E-state index is 0.127. The van der Waals surface area contributed by atoms with Crippen LogP contribution in [0.25, 0.3) is 10.6 Å². The van der Waals surface area contributed by atoms with Crippen molar-refractivity contribution >= 4 is 28.2 Å². The maximum absolute atomic E-state index is 12.6. The number of carbonyl (C=O) groups is 1. The summed E-state index contributed by atoms with van der Waals surface area (Å²) in [6.45, 7) is 7.02. The molecular formula is C20H22N6OS. The number of amides is 2. The van der Waals surface area contributed by atoms with Gasteiger partial charge in [-0.05, 0) is 25.5 Å². The van der Waals surface area contributed by atoms with E-state index in [4.69, 9.17) is 0 Å². The second kappa shape index (κ2) is 7.93. The molecule has 1 fully saturated rings. The van der Waals surface area contributed by atoms with Gasteiger partial charge in [0.2, 0.25) is 5.13 Å². The van der Waals surface area contributed by atoms with E-state index in [0.29, 0.717) is 18.2 Å². The summed E-state index contributed by atoms with van der Waals surface area (Å²) in [5.41, 5.74) is 4.53. The number of pyridine rings is 1. The Morgan fingerprint density at radius 3 is 2.50 bits per heavy atom. The second-order valence-corrected chi connectivity index (χ2v) is 7.82. The van der Waals surface area contributed by atoms with Crippen LogP contribution < -0.4 is 10.2 Å². The Morgan fingerprint density at radius 1 is 1.04 bits per heavy atom. The van der Waals surface area contributed by atoms with Gasteiger partial charge in [-0.25, -0.2) is 4.79 Å². The molecule has 0 unspecified atom stereocenters. The largest absolute Gasteiger partial charge is 0.368 e. The van der Waals surface area contributed by atoms with Gasteiger partial charge in [0.05, 0.1) is 0 Å². The molecule has 0 saturated carbocycles. The Labute approximate surface area is 168 Å². The lowest BCUT2D eigenvalue weighted by atomic mass is 10.2. The van der Waals surface area contributed by atoms with Gasteiger partial charge in [0, 0.05) is 49.8 Å². The highest BCUT2D eigenvalue weighted by atomic mass is 32.1. The number of carbonyl (C=O) groups excluding carboxylic acids is 1. The van der Waals surface area contributed by atoms with Gasteiger partial charge in [-0.2, -0.15) is 0 Å². The number of rotatable bonds is 3. The first-order valence-electron chi connectivity index (χ1n) is 9.22. The predicted octanol–water partition coefficient (Wildman–Crippen LogP) is 3.57. The Morgan fingerprint density at radius 2 is 1.79 bits per heavy atom. The number of aromatic nitrogens is 3. The molecule has 4 rings (SSSR count). The molecule has 1 saturated heterocycles. The molecule has 0 atom stereocenters. The molecule has 28 heavy (non-hydrogen) atoms. The van der Waals surface area contributed by atoms with Crippen molar-refractivity contribution in [3.63, 3.8) is 0 Å². The van der Waals surface area contributed by atoms with Crippen LogP contribution in [0.5, 0.6) is 0 Å². The van der Waals surface area contributed by atoms with Gasteiger partial charge in [-0.15, -0.1) is 10.2 Å². The third kappa shape index (κ3) is 3.96. The number of nitrogens with zero attached hydrogens (tertiary/aromatic N) is 5.